The number of hydrogen-bond acceptors (Lipinski definition) is 2. The Morgan fingerprint density at radius 1 is 1.06 bits per heavy atom. The summed E-state index contributed by atoms with van der Waals surface area (Å²) in [6.07, 6.45) is 6.69. The van der Waals surface area contributed by atoms with E-state index >= 15 is 0 Å². The molecule has 5 nitrogen and oxygen atoms in total. The molecule has 0 radical (unpaired) electrons. The number of hydrogen-bond donors (Lipinski definition) is 2. The van der Waals surface area contributed by atoms with Crippen molar-refractivity contribution in [2.24, 2.45) is 0 Å². The molecule has 0 aromatic rings. The SMILES string of the molecule is O=C(NCC(=O)N1CCCCC1)NC1CCC1. The number of nitrogens with zero attached hydrogens (tertiary/aromatic N) is 1. The Hall–Kier alpha value is -1.26. The summed E-state index contributed by atoms with van der Waals surface area (Å²) < 4.78 is 0. The molecule has 0 atom stereocenters. The first-order valence-electron chi connectivity index (χ1n) is 6.58. The van der Waals surface area contributed by atoms with Gasteiger partial charge in [0, 0.05) is 19.1 Å². The highest BCUT2D eigenvalue weighted by atomic mass is 16.2. The molecule has 3 amide bonds. The molecule has 2 fully saturated rings. The summed E-state index contributed by atoms with van der Waals surface area (Å²) in [6.45, 7) is 1.80. The average molecular weight is 239 g/mol. The lowest BCUT2D eigenvalue weighted by molar-refractivity contribution is -0.130. The molecule has 1 aliphatic heterocycles. The summed E-state index contributed by atoms with van der Waals surface area (Å²) in [7, 11) is 0. The van der Waals surface area contributed by atoms with Crippen LogP contribution in [0.25, 0.3) is 0 Å². The zero-order chi connectivity index (χ0) is 12.1. The van der Waals surface area contributed by atoms with Gasteiger partial charge in [0.05, 0.1) is 6.54 Å². The van der Waals surface area contributed by atoms with Gasteiger partial charge >= 0.3 is 6.03 Å². The Morgan fingerprint density at radius 2 is 1.76 bits per heavy atom. The summed E-state index contributed by atoms with van der Waals surface area (Å²) in [5.74, 6) is 0.0356. The quantitative estimate of drug-likeness (QED) is 0.767. The van der Waals surface area contributed by atoms with Crippen LogP contribution in [0.1, 0.15) is 38.5 Å². The van der Waals surface area contributed by atoms with Crippen molar-refractivity contribution in [2.45, 2.75) is 44.6 Å². The molecule has 0 aromatic heterocycles. The van der Waals surface area contributed by atoms with Crippen LogP contribution >= 0.6 is 0 Å². The van der Waals surface area contributed by atoms with Gasteiger partial charge in [-0.05, 0) is 38.5 Å². The van der Waals surface area contributed by atoms with Crippen LogP contribution in [-0.4, -0.2) is 42.5 Å². The largest absolute Gasteiger partial charge is 0.341 e. The third kappa shape index (κ3) is 3.61. The lowest BCUT2D eigenvalue weighted by Crippen LogP contribution is -2.49. The van der Waals surface area contributed by atoms with Crippen LogP contribution < -0.4 is 10.6 Å². The van der Waals surface area contributed by atoms with E-state index in [1.54, 1.807) is 0 Å². The summed E-state index contributed by atoms with van der Waals surface area (Å²) in [4.78, 5) is 25.0. The molecule has 0 unspecified atom stereocenters. The van der Waals surface area contributed by atoms with E-state index in [1.807, 2.05) is 4.90 Å². The third-order valence-corrected chi connectivity index (χ3v) is 3.55. The molecule has 2 N–H and O–H groups in total. The lowest BCUT2D eigenvalue weighted by atomic mass is 9.93. The Balaban J connectivity index is 1.62. The molecule has 1 saturated carbocycles. The van der Waals surface area contributed by atoms with Gasteiger partial charge in [0.25, 0.3) is 0 Å². The van der Waals surface area contributed by atoms with E-state index in [0.29, 0.717) is 6.04 Å². The molecule has 2 rings (SSSR count). The van der Waals surface area contributed by atoms with Gasteiger partial charge < -0.3 is 15.5 Å². The first-order valence-corrected chi connectivity index (χ1v) is 6.58. The minimum absolute atomic E-state index is 0.0356. The first kappa shape index (κ1) is 12.2. The Labute approximate surface area is 102 Å². The molecule has 0 bridgehead atoms. The van der Waals surface area contributed by atoms with Gasteiger partial charge in [-0.3, -0.25) is 4.79 Å². The van der Waals surface area contributed by atoms with E-state index in [2.05, 4.69) is 10.6 Å². The highest BCUT2D eigenvalue weighted by molar-refractivity contribution is 5.84. The van der Waals surface area contributed by atoms with Gasteiger partial charge in [0.15, 0.2) is 0 Å². The van der Waals surface area contributed by atoms with Gasteiger partial charge in [-0.15, -0.1) is 0 Å². The van der Waals surface area contributed by atoms with Crippen LogP contribution in [0.4, 0.5) is 4.79 Å². The third-order valence-electron chi connectivity index (χ3n) is 3.55. The smallest absolute Gasteiger partial charge is 0.315 e. The Kier molecular flexibility index (Phi) is 4.23. The van der Waals surface area contributed by atoms with Gasteiger partial charge in [0.2, 0.25) is 5.91 Å². The van der Waals surface area contributed by atoms with Crippen molar-refractivity contribution in [1.29, 1.82) is 0 Å². The van der Waals surface area contributed by atoms with E-state index in [-0.39, 0.29) is 18.5 Å². The van der Waals surface area contributed by atoms with Gasteiger partial charge in [-0.25, -0.2) is 4.79 Å². The van der Waals surface area contributed by atoms with Crippen molar-refractivity contribution in [1.82, 2.24) is 15.5 Å². The molecular weight excluding hydrogens is 218 g/mol. The maximum Gasteiger partial charge on any atom is 0.315 e. The zero-order valence-electron chi connectivity index (χ0n) is 10.2. The van der Waals surface area contributed by atoms with E-state index in [4.69, 9.17) is 0 Å². The van der Waals surface area contributed by atoms with E-state index in [9.17, 15) is 9.59 Å². The number of likely N-dealkylation sites (tertiary alicyclic amines) is 1. The summed E-state index contributed by atoms with van der Waals surface area (Å²) in [5.41, 5.74) is 0. The number of carbonyl (C=O) groups excluding carboxylic acids is 2. The predicted octanol–water partition coefficient (Wildman–Crippen LogP) is 0.851. The molecule has 0 aromatic carbocycles. The minimum atomic E-state index is -0.208. The van der Waals surface area contributed by atoms with Gasteiger partial charge in [-0.2, -0.15) is 0 Å². The van der Waals surface area contributed by atoms with E-state index in [0.717, 1.165) is 38.8 Å². The molecule has 0 spiro atoms. The Bertz CT molecular complexity index is 283. The van der Waals surface area contributed by atoms with Crippen LogP contribution in [0.3, 0.4) is 0 Å². The highest BCUT2D eigenvalue weighted by Gasteiger charge is 2.20. The number of nitrogens with one attached hydrogen (secondary N) is 2. The zero-order valence-corrected chi connectivity index (χ0v) is 10.2. The van der Waals surface area contributed by atoms with Crippen LogP contribution in [0.2, 0.25) is 0 Å². The standard InChI is InChI=1S/C12H21N3O2/c16-11(15-7-2-1-3-8-15)9-13-12(17)14-10-5-4-6-10/h10H,1-9H2,(H2,13,14,17). The number of rotatable bonds is 3. The van der Waals surface area contributed by atoms with Gasteiger partial charge in [-0.1, -0.05) is 0 Å². The van der Waals surface area contributed by atoms with Crippen molar-refractivity contribution >= 4 is 11.9 Å². The normalized spacial score (nSPS) is 20.6. The van der Waals surface area contributed by atoms with Crippen molar-refractivity contribution in [2.75, 3.05) is 19.6 Å². The molecule has 96 valence electrons. The second kappa shape index (κ2) is 5.89. The molecule has 1 saturated heterocycles. The van der Waals surface area contributed by atoms with Crippen LogP contribution in [0.15, 0.2) is 0 Å². The molecule has 5 heteroatoms. The van der Waals surface area contributed by atoms with Crippen molar-refractivity contribution in [3.63, 3.8) is 0 Å². The molecule has 1 aliphatic carbocycles. The molecule has 1 heterocycles. The van der Waals surface area contributed by atoms with E-state index in [1.165, 1.54) is 12.8 Å². The highest BCUT2D eigenvalue weighted by Crippen LogP contribution is 2.17. The van der Waals surface area contributed by atoms with Crippen molar-refractivity contribution in [3.05, 3.63) is 0 Å². The topological polar surface area (TPSA) is 61.4 Å². The summed E-state index contributed by atoms with van der Waals surface area (Å²) >= 11 is 0. The van der Waals surface area contributed by atoms with Crippen LogP contribution in [0, 0.1) is 0 Å². The number of urea groups is 1. The predicted molar refractivity (Wildman–Crippen MR) is 64.6 cm³/mol. The van der Waals surface area contributed by atoms with Gasteiger partial charge in [0.1, 0.15) is 0 Å². The monoisotopic (exact) mass is 239 g/mol. The molecule has 2 aliphatic rings. The second-order valence-electron chi connectivity index (χ2n) is 4.90. The fourth-order valence-electron chi connectivity index (χ4n) is 2.20. The summed E-state index contributed by atoms with van der Waals surface area (Å²) in [5, 5.41) is 5.49. The van der Waals surface area contributed by atoms with Crippen molar-refractivity contribution < 1.29 is 9.59 Å². The fourth-order valence-corrected chi connectivity index (χ4v) is 2.20. The van der Waals surface area contributed by atoms with Crippen LogP contribution in [0.5, 0.6) is 0 Å². The van der Waals surface area contributed by atoms with E-state index < -0.39 is 0 Å². The number of amides is 3. The molecular formula is C12H21N3O2. The van der Waals surface area contributed by atoms with Crippen LogP contribution in [-0.2, 0) is 4.79 Å². The second-order valence-corrected chi connectivity index (χ2v) is 4.90. The first-order chi connectivity index (χ1) is 8.25. The average Bonchev–Trinajstić information content (AvgIpc) is 2.32. The minimum Gasteiger partial charge on any atom is -0.341 e. The lowest BCUT2D eigenvalue weighted by Gasteiger charge is -2.28. The summed E-state index contributed by atoms with van der Waals surface area (Å²) in [6, 6.07) is 0.111. The van der Waals surface area contributed by atoms with Crippen molar-refractivity contribution in [3.8, 4) is 0 Å². The fraction of sp³-hybridized carbons (Fsp3) is 0.833. The maximum absolute atomic E-state index is 11.8. The number of piperidine rings is 1. The maximum atomic E-state index is 11.8. The molecule has 17 heavy (non-hydrogen) atoms. The number of carbonyl (C=O) groups is 2. The Morgan fingerprint density at radius 3 is 2.35 bits per heavy atom.